The molecular weight excluding hydrogens is 308 g/mol. The van der Waals surface area contributed by atoms with Crippen molar-refractivity contribution in [1.29, 1.82) is 0 Å². The van der Waals surface area contributed by atoms with Crippen LogP contribution in [-0.2, 0) is 14.3 Å². The van der Waals surface area contributed by atoms with Crippen LogP contribution < -0.4 is 10.6 Å². The third kappa shape index (κ3) is 3.05. The zero-order valence-electron chi connectivity index (χ0n) is 14.3. The first kappa shape index (κ1) is 17.0. The molecule has 2 aliphatic carbocycles. The van der Waals surface area contributed by atoms with Crippen LogP contribution in [0.4, 0.5) is 0 Å². The van der Waals surface area contributed by atoms with Crippen molar-refractivity contribution in [3.8, 4) is 0 Å². The van der Waals surface area contributed by atoms with Crippen molar-refractivity contribution in [2.75, 3.05) is 39.9 Å². The van der Waals surface area contributed by atoms with Gasteiger partial charge in [-0.3, -0.25) is 19.5 Å². The number of guanidine groups is 1. The molecule has 1 saturated heterocycles. The van der Waals surface area contributed by atoms with E-state index in [4.69, 9.17) is 4.74 Å². The number of fused-ring (bicyclic) bond motifs is 5. The monoisotopic (exact) mass is 334 g/mol. The lowest BCUT2D eigenvalue weighted by molar-refractivity contribution is -0.140. The predicted octanol–water partition coefficient (Wildman–Crippen LogP) is -0.00500. The van der Waals surface area contributed by atoms with Crippen molar-refractivity contribution in [2.24, 2.45) is 28.7 Å². The molecule has 24 heavy (non-hydrogen) atoms. The van der Waals surface area contributed by atoms with E-state index in [2.05, 4.69) is 27.8 Å². The maximum absolute atomic E-state index is 12.6. The highest BCUT2D eigenvalue weighted by atomic mass is 16.5. The average Bonchev–Trinajstić information content (AvgIpc) is 3.26. The number of ether oxygens (including phenoxy) is 1. The fourth-order valence-electron chi connectivity index (χ4n) is 4.08. The van der Waals surface area contributed by atoms with Gasteiger partial charge in [-0.2, -0.15) is 0 Å². The quantitative estimate of drug-likeness (QED) is 0.225. The molecule has 0 aromatic heterocycles. The van der Waals surface area contributed by atoms with Crippen molar-refractivity contribution >= 4 is 17.8 Å². The Bertz CT molecular complexity index is 530. The minimum Gasteiger partial charge on any atom is -0.380 e. The van der Waals surface area contributed by atoms with Gasteiger partial charge in [0.1, 0.15) is 0 Å². The van der Waals surface area contributed by atoms with Crippen molar-refractivity contribution in [2.45, 2.75) is 13.3 Å². The second-order valence-corrected chi connectivity index (χ2v) is 6.45. The number of nitrogens with zero attached hydrogens (tertiary/aromatic N) is 2. The minimum absolute atomic E-state index is 0.00272. The summed E-state index contributed by atoms with van der Waals surface area (Å²) in [5.74, 6) is 0.957. The second kappa shape index (κ2) is 7.34. The molecular formula is C17H26N4O3. The minimum atomic E-state index is -0.115. The Labute approximate surface area is 142 Å². The Morgan fingerprint density at radius 2 is 1.83 bits per heavy atom. The van der Waals surface area contributed by atoms with Gasteiger partial charge in [0.15, 0.2) is 5.96 Å². The van der Waals surface area contributed by atoms with Crippen LogP contribution in [0.5, 0.6) is 0 Å². The number of hydrogen-bond donors (Lipinski definition) is 2. The van der Waals surface area contributed by atoms with Crippen LogP contribution in [0.3, 0.4) is 0 Å². The summed E-state index contributed by atoms with van der Waals surface area (Å²) in [7, 11) is 1.69. The van der Waals surface area contributed by atoms with Crippen LogP contribution in [0.1, 0.15) is 13.3 Å². The number of rotatable bonds is 7. The van der Waals surface area contributed by atoms with Crippen molar-refractivity contribution < 1.29 is 14.3 Å². The zero-order chi connectivity index (χ0) is 17.1. The van der Waals surface area contributed by atoms with Crippen molar-refractivity contribution in [1.82, 2.24) is 15.5 Å². The number of allylic oxidation sites excluding steroid dienone is 2. The van der Waals surface area contributed by atoms with E-state index in [0.717, 1.165) is 6.42 Å². The van der Waals surface area contributed by atoms with E-state index in [1.165, 1.54) is 4.90 Å². The normalized spacial score (nSPS) is 31.1. The van der Waals surface area contributed by atoms with Crippen molar-refractivity contribution in [3.63, 3.8) is 0 Å². The Morgan fingerprint density at radius 1 is 1.21 bits per heavy atom. The first-order valence-corrected chi connectivity index (χ1v) is 8.73. The van der Waals surface area contributed by atoms with E-state index in [1.54, 1.807) is 7.05 Å². The summed E-state index contributed by atoms with van der Waals surface area (Å²) in [5, 5.41) is 6.27. The topological polar surface area (TPSA) is 83.0 Å². The SMILES string of the molecule is CCOCCNC(=NC)NCCN1C(=O)C2C3C=CC(C3)C2C1=O. The van der Waals surface area contributed by atoms with Crippen LogP contribution in [-0.4, -0.2) is 62.6 Å². The Kier molecular flexibility index (Phi) is 5.18. The van der Waals surface area contributed by atoms with E-state index in [9.17, 15) is 9.59 Å². The molecule has 3 rings (SSSR count). The number of carbonyl (C=O) groups excluding carboxylic acids is 2. The number of hydrogen-bond acceptors (Lipinski definition) is 4. The first-order valence-electron chi connectivity index (χ1n) is 8.73. The Balaban J connectivity index is 1.46. The number of amides is 2. The van der Waals surface area contributed by atoms with Crippen LogP contribution in [0.15, 0.2) is 17.1 Å². The number of nitrogens with one attached hydrogen (secondary N) is 2. The summed E-state index contributed by atoms with van der Waals surface area (Å²) < 4.78 is 5.26. The van der Waals surface area contributed by atoms with Crippen LogP contribution in [0.25, 0.3) is 0 Å². The smallest absolute Gasteiger partial charge is 0.233 e. The van der Waals surface area contributed by atoms with Gasteiger partial charge in [0.25, 0.3) is 0 Å². The summed E-state index contributed by atoms with van der Waals surface area (Å²) >= 11 is 0. The summed E-state index contributed by atoms with van der Waals surface area (Å²) in [4.78, 5) is 30.7. The van der Waals surface area contributed by atoms with Gasteiger partial charge in [0.05, 0.1) is 18.4 Å². The third-order valence-corrected chi connectivity index (χ3v) is 5.16. The van der Waals surface area contributed by atoms with E-state index in [-0.39, 0.29) is 35.5 Å². The maximum Gasteiger partial charge on any atom is 0.233 e. The van der Waals surface area contributed by atoms with Crippen LogP contribution in [0.2, 0.25) is 0 Å². The number of carbonyl (C=O) groups is 2. The van der Waals surface area contributed by atoms with Gasteiger partial charge in [-0.05, 0) is 25.2 Å². The molecule has 2 amide bonds. The number of imide groups is 1. The van der Waals surface area contributed by atoms with Gasteiger partial charge in [-0.25, -0.2) is 0 Å². The van der Waals surface area contributed by atoms with E-state index >= 15 is 0 Å². The van der Waals surface area contributed by atoms with Crippen molar-refractivity contribution in [3.05, 3.63) is 12.2 Å². The molecule has 3 aliphatic rings. The fourth-order valence-corrected chi connectivity index (χ4v) is 4.08. The molecule has 0 radical (unpaired) electrons. The Hall–Kier alpha value is -1.89. The van der Waals surface area contributed by atoms with Gasteiger partial charge >= 0.3 is 0 Å². The molecule has 2 bridgehead atoms. The van der Waals surface area contributed by atoms with E-state index < -0.39 is 0 Å². The molecule has 1 saturated carbocycles. The molecule has 132 valence electrons. The summed E-state index contributed by atoms with van der Waals surface area (Å²) in [5.41, 5.74) is 0. The highest BCUT2D eigenvalue weighted by molar-refractivity contribution is 6.06. The van der Waals surface area contributed by atoms with Gasteiger partial charge in [-0.15, -0.1) is 0 Å². The van der Waals surface area contributed by atoms with Gasteiger partial charge in [0.2, 0.25) is 11.8 Å². The summed E-state index contributed by atoms with van der Waals surface area (Å²) in [6, 6.07) is 0. The number of likely N-dealkylation sites (tertiary alicyclic amines) is 1. The molecule has 0 aromatic carbocycles. The third-order valence-electron chi connectivity index (χ3n) is 5.16. The first-order chi connectivity index (χ1) is 11.7. The molecule has 1 aliphatic heterocycles. The molecule has 4 atom stereocenters. The lowest BCUT2D eigenvalue weighted by atomic mass is 9.85. The maximum atomic E-state index is 12.6. The molecule has 0 spiro atoms. The van der Waals surface area contributed by atoms with E-state index in [0.29, 0.717) is 38.8 Å². The molecule has 2 N–H and O–H groups in total. The lowest BCUT2D eigenvalue weighted by Gasteiger charge is -2.18. The number of aliphatic imine (C=N–C) groups is 1. The molecule has 1 heterocycles. The second-order valence-electron chi connectivity index (χ2n) is 6.45. The molecule has 2 fully saturated rings. The lowest BCUT2D eigenvalue weighted by Crippen LogP contribution is -2.44. The van der Waals surface area contributed by atoms with Crippen LogP contribution in [0, 0.1) is 23.7 Å². The fraction of sp³-hybridized carbons (Fsp3) is 0.706. The molecule has 7 heteroatoms. The molecule has 0 aromatic rings. The summed E-state index contributed by atoms with van der Waals surface area (Å²) in [6.45, 7) is 4.79. The summed E-state index contributed by atoms with van der Waals surface area (Å²) in [6.07, 6.45) is 5.20. The van der Waals surface area contributed by atoms with Gasteiger partial charge < -0.3 is 15.4 Å². The standard InChI is InChI=1S/C17H26N4O3/c1-3-24-9-7-20-17(18-2)19-6-8-21-15(22)13-11-4-5-12(10-11)14(13)16(21)23/h4-5,11-14H,3,6-10H2,1-2H3,(H2,18,19,20). The highest BCUT2D eigenvalue weighted by Gasteiger charge is 2.58. The molecule has 4 unspecified atom stereocenters. The highest BCUT2D eigenvalue weighted by Crippen LogP contribution is 2.52. The van der Waals surface area contributed by atoms with Crippen LogP contribution >= 0.6 is 0 Å². The van der Waals surface area contributed by atoms with E-state index in [1.807, 2.05) is 6.92 Å². The largest absolute Gasteiger partial charge is 0.380 e. The van der Waals surface area contributed by atoms with Gasteiger partial charge in [0, 0.05) is 33.3 Å². The molecule has 7 nitrogen and oxygen atoms in total. The average molecular weight is 334 g/mol. The predicted molar refractivity (Wildman–Crippen MR) is 90.3 cm³/mol. The Morgan fingerprint density at radius 3 is 2.42 bits per heavy atom. The zero-order valence-corrected chi connectivity index (χ0v) is 14.3. The van der Waals surface area contributed by atoms with Gasteiger partial charge in [-0.1, -0.05) is 12.2 Å².